The summed E-state index contributed by atoms with van der Waals surface area (Å²) in [6.45, 7) is 6.39. The summed E-state index contributed by atoms with van der Waals surface area (Å²) in [6, 6.07) is 0. The highest BCUT2D eigenvalue weighted by Crippen LogP contribution is 2.04. The van der Waals surface area contributed by atoms with Crippen molar-refractivity contribution in [1.29, 1.82) is 0 Å². The van der Waals surface area contributed by atoms with E-state index < -0.39 is 11.9 Å². The minimum atomic E-state index is -0.707. The van der Waals surface area contributed by atoms with Crippen LogP contribution in [-0.2, 0) is 23.8 Å². The Morgan fingerprint density at radius 2 is 1.41 bits per heavy atom. The second-order valence-corrected chi connectivity index (χ2v) is 3.26. The van der Waals surface area contributed by atoms with E-state index in [2.05, 4.69) is 0 Å². The average Bonchev–Trinajstić information content (AvgIpc) is 2.34. The van der Waals surface area contributed by atoms with Crippen molar-refractivity contribution in [2.24, 2.45) is 0 Å². The highest BCUT2D eigenvalue weighted by atomic mass is 16.6. The third-order valence-corrected chi connectivity index (χ3v) is 1.68. The number of hydrogen-bond acceptors (Lipinski definition) is 5. The van der Waals surface area contributed by atoms with Gasteiger partial charge in [-0.15, -0.1) is 0 Å². The molecule has 5 heteroatoms. The molecule has 0 fully saturated rings. The van der Waals surface area contributed by atoms with Crippen LogP contribution in [0.3, 0.4) is 0 Å². The summed E-state index contributed by atoms with van der Waals surface area (Å²) in [5, 5.41) is 0. The molecule has 0 bridgehead atoms. The third kappa shape index (κ3) is 6.60. The second-order valence-electron chi connectivity index (χ2n) is 3.26. The van der Waals surface area contributed by atoms with E-state index in [9.17, 15) is 9.59 Å². The standard InChI is InChI=1S/C12H20O5/c1-4-7-16-11(13)10(9-15-6-3)12(14)17-8-5-2/h9H,4-8H2,1-3H3. The lowest BCUT2D eigenvalue weighted by atomic mass is 10.3. The Labute approximate surface area is 102 Å². The van der Waals surface area contributed by atoms with E-state index in [-0.39, 0.29) is 18.8 Å². The second kappa shape index (κ2) is 9.69. The van der Waals surface area contributed by atoms with Crippen molar-refractivity contribution < 1.29 is 23.8 Å². The zero-order chi connectivity index (χ0) is 13.1. The van der Waals surface area contributed by atoms with Crippen LogP contribution in [0.1, 0.15) is 33.6 Å². The molecule has 0 aliphatic heterocycles. The average molecular weight is 244 g/mol. The molecule has 0 aliphatic carbocycles. The van der Waals surface area contributed by atoms with Gasteiger partial charge in [0.15, 0.2) is 5.57 Å². The summed E-state index contributed by atoms with van der Waals surface area (Å²) in [5.41, 5.74) is -0.200. The Balaban J connectivity index is 4.51. The van der Waals surface area contributed by atoms with Crippen molar-refractivity contribution in [3.8, 4) is 0 Å². The summed E-state index contributed by atoms with van der Waals surface area (Å²) >= 11 is 0. The Bertz CT molecular complexity index is 248. The maximum atomic E-state index is 11.5. The van der Waals surface area contributed by atoms with Gasteiger partial charge in [0.25, 0.3) is 0 Å². The molecule has 0 heterocycles. The maximum Gasteiger partial charge on any atom is 0.348 e. The summed E-state index contributed by atoms with van der Waals surface area (Å²) in [6.07, 6.45) is 2.48. The topological polar surface area (TPSA) is 61.8 Å². The van der Waals surface area contributed by atoms with Crippen LogP contribution in [0.2, 0.25) is 0 Å². The predicted molar refractivity (Wildman–Crippen MR) is 62.2 cm³/mol. The van der Waals surface area contributed by atoms with Gasteiger partial charge in [-0.05, 0) is 19.8 Å². The van der Waals surface area contributed by atoms with E-state index in [1.54, 1.807) is 6.92 Å². The fourth-order valence-corrected chi connectivity index (χ4v) is 0.891. The van der Waals surface area contributed by atoms with Gasteiger partial charge in [-0.3, -0.25) is 0 Å². The molecule has 17 heavy (non-hydrogen) atoms. The van der Waals surface area contributed by atoms with Gasteiger partial charge in [-0.25, -0.2) is 9.59 Å². The van der Waals surface area contributed by atoms with Crippen LogP contribution in [0.4, 0.5) is 0 Å². The summed E-state index contributed by atoms with van der Waals surface area (Å²) in [7, 11) is 0. The van der Waals surface area contributed by atoms with Gasteiger partial charge < -0.3 is 14.2 Å². The van der Waals surface area contributed by atoms with Gasteiger partial charge in [0.05, 0.1) is 19.8 Å². The molecule has 0 aromatic carbocycles. The molecular formula is C12H20O5. The highest BCUT2D eigenvalue weighted by molar-refractivity contribution is 6.13. The van der Waals surface area contributed by atoms with E-state index in [1.807, 2.05) is 13.8 Å². The molecule has 0 aliphatic rings. The molecule has 0 saturated heterocycles. The first-order chi connectivity index (χ1) is 8.17. The molecule has 98 valence electrons. The Hall–Kier alpha value is -1.52. The molecule has 5 nitrogen and oxygen atoms in total. The molecule has 0 atom stereocenters. The first-order valence-corrected chi connectivity index (χ1v) is 5.83. The lowest BCUT2D eigenvalue weighted by Crippen LogP contribution is -2.19. The van der Waals surface area contributed by atoms with Gasteiger partial charge >= 0.3 is 11.9 Å². The van der Waals surface area contributed by atoms with E-state index >= 15 is 0 Å². The number of hydrogen-bond donors (Lipinski definition) is 0. The zero-order valence-electron chi connectivity index (χ0n) is 10.7. The minimum absolute atomic E-state index is 0.200. The third-order valence-electron chi connectivity index (χ3n) is 1.68. The summed E-state index contributed by atoms with van der Waals surface area (Å²) in [4.78, 5) is 23.1. The van der Waals surface area contributed by atoms with Gasteiger partial charge in [-0.1, -0.05) is 13.8 Å². The van der Waals surface area contributed by atoms with Crippen molar-refractivity contribution in [3.05, 3.63) is 11.8 Å². The fraction of sp³-hybridized carbons (Fsp3) is 0.667. The molecular weight excluding hydrogens is 224 g/mol. The van der Waals surface area contributed by atoms with Crippen LogP contribution in [0.25, 0.3) is 0 Å². The van der Waals surface area contributed by atoms with Crippen LogP contribution >= 0.6 is 0 Å². The normalized spacial score (nSPS) is 9.35. The molecule has 0 aromatic rings. The van der Waals surface area contributed by atoms with E-state index in [1.165, 1.54) is 0 Å². The Morgan fingerprint density at radius 3 is 1.76 bits per heavy atom. The van der Waals surface area contributed by atoms with Gasteiger partial charge in [0.2, 0.25) is 0 Å². The molecule has 0 radical (unpaired) electrons. The van der Waals surface area contributed by atoms with Crippen molar-refractivity contribution in [3.63, 3.8) is 0 Å². The van der Waals surface area contributed by atoms with Crippen molar-refractivity contribution in [2.75, 3.05) is 19.8 Å². The van der Waals surface area contributed by atoms with Gasteiger partial charge in [0.1, 0.15) is 6.26 Å². The summed E-state index contributed by atoms with van der Waals surface area (Å²) in [5.74, 6) is -1.41. The molecule has 0 saturated carbocycles. The van der Waals surface area contributed by atoms with Crippen molar-refractivity contribution in [1.82, 2.24) is 0 Å². The minimum Gasteiger partial charge on any atom is -0.500 e. The number of carbonyl (C=O) groups is 2. The van der Waals surface area contributed by atoms with E-state index in [0.717, 1.165) is 6.26 Å². The monoisotopic (exact) mass is 244 g/mol. The van der Waals surface area contributed by atoms with E-state index in [0.29, 0.717) is 19.4 Å². The van der Waals surface area contributed by atoms with E-state index in [4.69, 9.17) is 14.2 Å². The quantitative estimate of drug-likeness (QED) is 0.214. The predicted octanol–water partition coefficient (Wildman–Crippen LogP) is 1.81. The lowest BCUT2D eigenvalue weighted by molar-refractivity contribution is -0.147. The van der Waals surface area contributed by atoms with Gasteiger partial charge in [-0.2, -0.15) is 0 Å². The van der Waals surface area contributed by atoms with Crippen LogP contribution in [-0.4, -0.2) is 31.8 Å². The highest BCUT2D eigenvalue weighted by Gasteiger charge is 2.21. The Morgan fingerprint density at radius 1 is 0.941 bits per heavy atom. The summed E-state index contributed by atoms with van der Waals surface area (Å²) < 4.78 is 14.7. The molecule has 0 N–H and O–H groups in total. The molecule has 0 spiro atoms. The number of esters is 2. The first-order valence-electron chi connectivity index (χ1n) is 5.83. The number of carbonyl (C=O) groups excluding carboxylic acids is 2. The van der Waals surface area contributed by atoms with Gasteiger partial charge in [0, 0.05) is 0 Å². The number of ether oxygens (including phenoxy) is 3. The smallest absolute Gasteiger partial charge is 0.348 e. The molecule has 0 aromatic heterocycles. The maximum absolute atomic E-state index is 11.5. The van der Waals surface area contributed by atoms with Crippen LogP contribution in [0.5, 0.6) is 0 Å². The fourth-order valence-electron chi connectivity index (χ4n) is 0.891. The molecule has 0 unspecified atom stereocenters. The van der Waals surface area contributed by atoms with Crippen molar-refractivity contribution in [2.45, 2.75) is 33.6 Å². The first kappa shape index (κ1) is 15.5. The largest absolute Gasteiger partial charge is 0.500 e. The van der Waals surface area contributed by atoms with Crippen LogP contribution in [0.15, 0.2) is 11.8 Å². The zero-order valence-corrected chi connectivity index (χ0v) is 10.7. The lowest BCUT2D eigenvalue weighted by Gasteiger charge is -2.07. The molecule has 0 rings (SSSR count). The van der Waals surface area contributed by atoms with Crippen LogP contribution < -0.4 is 0 Å². The number of rotatable bonds is 8. The molecule has 0 amide bonds. The van der Waals surface area contributed by atoms with Crippen LogP contribution in [0, 0.1) is 0 Å². The Kier molecular flexibility index (Phi) is 8.82. The SMILES string of the molecule is CCCOC(=O)C(=COCC)C(=O)OCCC. The van der Waals surface area contributed by atoms with Crippen molar-refractivity contribution >= 4 is 11.9 Å².